The highest BCUT2D eigenvalue weighted by molar-refractivity contribution is 5.82. The van der Waals surface area contributed by atoms with Crippen LogP contribution in [-0.2, 0) is 4.79 Å². The van der Waals surface area contributed by atoms with Gasteiger partial charge < -0.3 is 15.7 Å². The summed E-state index contributed by atoms with van der Waals surface area (Å²) in [6.07, 6.45) is -0.517. The van der Waals surface area contributed by atoms with E-state index >= 15 is 0 Å². The van der Waals surface area contributed by atoms with Crippen molar-refractivity contribution in [1.29, 1.82) is 0 Å². The van der Waals surface area contributed by atoms with Crippen molar-refractivity contribution >= 4 is 5.91 Å². The van der Waals surface area contributed by atoms with Gasteiger partial charge in [-0.2, -0.15) is 0 Å². The maximum atomic E-state index is 11.7. The van der Waals surface area contributed by atoms with Crippen LogP contribution in [0.15, 0.2) is 0 Å². The summed E-state index contributed by atoms with van der Waals surface area (Å²) in [5, 5.41) is 9.12. The Balaban J connectivity index is 4.32. The van der Waals surface area contributed by atoms with E-state index in [4.69, 9.17) is 10.8 Å². The van der Waals surface area contributed by atoms with Crippen molar-refractivity contribution in [2.75, 3.05) is 13.6 Å². The van der Waals surface area contributed by atoms with Crippen LogP contribution in [0.1, 0.15) is 27.7 Å². The molecule has 2 atom stereocenters. The molecule has 3 N–H and O–H groups in total. The van der Waals surface area contributed by atoms with Gasteiger partial charge in [0, 0.05) is 13.6 Å². The monoisotopic (exact) mass is 202 g/mol. The Morgan fingerprint density at radius 2 is 1.93 bits per heavy atom. The fourth-order valence-corrected chi connectivity index (χ4v) is 1.09. The molecule has 0 rings (SSSR count). The van der Waals surface area contributed by atoms with E-state index < -0.39 is 12.1 Å². The second-order valence-electron chi connectivity index (χ2n) is 4.91. The number of carbonyl (C=O) groups excluding carboxylic acids is 1. The molecular formula is C10H22N2O2. The summed E-state index contributed by atoms with van der Waals surface area (Å²) in [5.41, 5.74) is 5.55. The Hall–Kier alpha value is -0.610. The summed E-state index contributed by atoms with van der Waals surface area (Å²) in [4.78, 5) is 13.2. The van der Waals surface area contributed by atoms with Crippen LogP contribution in [0, 0.1) is 5.41 Å². The second kappa shape index (κ2) is 4.75. The first-order chi connectivity index (χ1) is 6.16. The van der Waals surface area contributed by atoms with Crippen LogP contribution in [0.3, 0.4) is 0 Å². The summed E-state index contributed by atoms with van der Waals surface area (Å²) in [6, 6.07) is -0.522. The quantitative estimate of drug-likeness (QED) is 0.687. The molecule has 1 unspecified atom stereocenters. The van der Waals surface area contributed by atoms with Gasteiger partial charge in [0.15, 0.2) is 0 Å². The average Bonchev–Trinajstić information content (AvgIpc) is 1.98. The molecule has 84 valence electrons. The maximum absolute atomic E-state index is 11.7. The zero-order chi connectivity index (χ0) is 11.5. The molecule has 4 nitrogen and oxygen atoms in total. The van der Waals surface area contributed by atoms with Gasteiger partial charge >= 0.3 is 0 Å². The van der Waals surface area contributed by atoms with Gasteiger partial charge in [-0.3, -0.25) is 4.79 Å². The van der Waals surface area contributed by atoms with Crippen molar-refractivity contribution in [2.24, 2.45) is 11.1 Å². The molecule has 0 radical (unpaired) electrons. The van der Waals surface area contributed by atoms with E-state index in [2.05, 4.69) is 0 Å². The molecular weight excluding hydrogens is 180 g/mol. The summed E-state index contributed by atoms with van der Waals surface area (Å²) in [5.74, 6) is -0.126. The lowest BCUT2D eigenvalue weighted by Crippen LogP contribution is -2.50. The van der Waals surface area contributed by atoms with Gasteiger partial charge in [0.25, 0.3) is 0 Å². The van der Waals surface area contributed by atoms with Gasteiger partial charge in [0.2, 0.25) is 5.91 Å². The predicted molar refractivity (Wildman–Crippen MR) is 56.7 cm³/mol. The number of rotatable bonds is 3. The lowest BCUT2D eigenvalue weighted by molar-refractivity contribution is -0.134. The van der Waals surface area contributed by atoms with Gasteiger partial charge in [0.05, 0.1) is 12.1 Å². The van der Waals surface area contributed by atoms with Crippen LogP contribution in [0.4, 0.5) is 0 Å². The highest BCUT2D eigenvalue weighted by atomic mass is 16.3. The number of hydrogen-bond donors (Lipinski definition) is 2. The topological polar surface area (TPSA) is 66.6 Å². The number of aliphatic hydroxyl groups is 1. The summed E-state index contributed by atoms with van der Waals surface area (Å²) >= 11 is 0. The van der Waals surface area contributed by atoms with Crippen LogP contribution in [-0.4, -0.2) is 41.7 Å². The molecule has 0 saturated carbocycles. The maximum Gasteiger partial charge on any atom is 0.239 e. The first-order valence-corrected chi connectivity index (χ1v) is 4.85. The van der Waals surface area contributed by atoms with Crippen molar-refractivity contribution in [3.8, 4) is 0 Å². The number of carbonyl (C=O) groups is 1. The van der Waals surface area contributed by atoms with Crippen LogP contribution < -0.4 is 5.73 Å². The SMILES string of the molecule is CC(O)CN(C)C(=O)[C@H](N)C(C)(C)C. The van der Waals surface area contributed by atoms with E-state index in [0.717, 1.165) is 0 Å². The molecule has 0 aromatic carbocycles. The molecule has 4 heteroatoms. The van der Waals surface area contributed by atoms with Gasteiger partial charge in [-0.05, 0) is 12.3 Å². The minimum Gasteiger partial charge on any atom is -0.392 e. The smallest absolute Gasteiger partial charge is 0.239 e. The van der Waals surface area contributed by atoms with E-state index in [1.54, 1.807) is 14.0 Å². The Morgan fingerprint density at radius 3 is 2.21 bits per heavy atom. The van der Waals surface area contributed by atoms with Crippen molar-refractivity contribution in [1.82, 2.24) is 4.90 Å². The predicted octanol–water partition coefficient (Wildman–Crippen LogP) is 0.199. The summed E-state index contributed by atoms with van der Waals surface area (Å²) in [6.45, 7) is 7.73. The first kappa shape index (κ1) is 13.4. The van der Waals surface area contributed by atoms with E-state index in [1.165, 1.54) is 4.90 Å². The number of amides is 1. The Morgan fingerprint density at radius 1 is 1.50 bits per heavy atom. The highest BCUT2D eigenvalue weighted by Crippen LogP contribution is 2.18. The van der Waals surface area contributed by atoms with Gasteiger partial charge in [-0.15, -0.1) is 0 Å². The minimum atomic E-state index is -0.522. The molecule has 0 fully saturated rings. The third kappa shape index (κ3) is 4.07. The van der Waals surface area contributed by atoms with E-state index in [0.29, 0.717) is 6.54 Å². The van der Waals surface area contributed by atoms with Gasteiger partial charge in [-0.25, -0.2) is 0 Å². The third-order valence-electron chi connectivity index (χ3n) is 2.11. The number of likely N-dealkylation sites (N-methyl/N-ethyl adjacent to an activating group) is 1. The fourth-order valence-electron chi connectivity index (χ4n) is 1.09. The van der Waals surface area contributed by atoms with Crippen LogP contribution in [0.25, 0.3) is 0 Å². The molecule has 0 aliphatic rings. The molecule has 14 heavy (non-hydrogen) atoms. The lowest BCUT2D eigenvalue weighted by Gasteiger charge is -2.30. The zero-order valence-corrected chi connectivity index (χ0v) is 9.74. The van der Waals surface area contributed by atoms with Crippen LogP contribution in [0.2, 0.25) is 0 Å². The number of nitrogens with two attached hydrogens (primary N) is 1. The van der Waals surface area contributed by atoms with Crippen molar-refractivity contribution in [3.63, 3.8) is 0 Å². The number of hydrogen-bond acceptors (Lipinski definition) is 3. The second-order valence-corrected chi connectivity index (χ2v) is 4.91. The van der Waals surface area contributed by atoms with E-state index in [1.807, 2.05) is 20.8 Å². The van der Waals surface area contributed by atoms with Crippen molar-refractivity contribution in [2.45, 2.75) is 39.8 Å². The molecule has 0 saturated heterocycles. The van der Waals surface area contributed by atoms with E-state index in [-0.39, 0.29) is 11.3 Å². The highest BCUT2D eigenvalue weighted by Gasteiger charge is 2.29. The Kier molecular flexibility index (Phi) is 4.55. The van der Waals surface area contributed by atoms with Crippen LogP contribution >= 0.6 is 0 Å². The minimum absolute atomic E-state index is 0.126. The van der Waals surface area contributed by atoms with E-state index in [9.17, 15) is 4.79 Å². The van der Waals surface area contributed by atoms with Crippen molar-refractivity contribution < 1.29 is 9.90 Å². The molecule has 0 heterocycles. The van der Waals surface area contributed by atoms with Gasteiger partial charge in [-0.1, -0.05) is 20.8 Å². The number of aliphatic hydroxyl groups excluding tert-OH is 1. The molecule has 0 aliphatic carbocycles. The molecule has 0 aromatic heterocycles. The average molecular weight is 202 g/mol. The molecule has 0 spiro atoms. The van der Waals surface area contributed by atoms with Crippen LogP contribution in [0.5, 0.6) is 0 Å². The first-order valence-electron chi connectivity index (χ1n) is 4.85. The standard InChI is InChI=1S/C10H22N2O2/c1-7(13)6-12(5)9(14)8(11)10(2,3)4/h7-8,13H,6,11H2,1-5H3/t7?,8-/m0/s1. The van der Waals surface area contributed by atoms with Crippen molar-refractivity contribution in [3.05, 3.63) is 0 Å². The largest absolute Gasteiger partial charge is 0.392 e. The summed E-state index contributed by atoms with van der Waals surface area (Å²) < 4.78 is 0. The summed E-state index contributed by atoms with van der Waals surface area (Å²) in [7, 11) is 1.65. The Bertz CT molecular complexity index is 197. The Labute approximate surface area is 86.1 Å². The normalized spacial score (nSPS) is 16.2. The van der Waals surface area contributed by atoms with Gasteiger partial charge in [0.1, 0.15) is 0 Å². The lowest BCUT2D eigenvalue weighted by atomic mass is 9.86. The third-order valence-corrected chi connectivity index (χ3v) is 2.11. The molecule has 0 aromatic rings. The molecule has 0 aliphatic heterocycles. The molecule has 0 bridgehead atoms. The zero-order valence-electron chi connectivity index (χ0n) is 9.74. The molecule has 1 amide bonds. The number of nitrogens with zero attached hydrogens (tertiary/aromatic N) is 1. The fraction of sp³-hybridized carbons (Fsp3) is 0.900.